The molecule has 0 atom stereocenters. The molecule has 0 heterocycles. The summed E-state index contributed by atoms with van der Waals surface area (Å²) in [6, 6.07) is 7.44. The predicted molar refractivity (Wildman–Crippen MR) is 35.2 cm³/mol. The van der Waals surface area contributed by atoms with E-state index in [1.807, 2.05) is 19.1 Å². The van der Waals surface area contributed by atoms with Crippen molar-refractivity contribution in [1.82, 2.24) is 0 Å². The Morgan fingerprint density at radius 2 is 1.56 bits per heavy atom. The summed E-state index contributed by atoms with van der Waals surface area (Å²) in [6.07, 6.45) is 0. The van der Waals surface area contributed by atoms with E-state index in [1.165, 1.54) is 5.56 Å². The summed E-state index contributed by atoms with van der Waals surface area (Å²) in [6.45, 7) is 2.01. The van der Waals surface area contributed by atoms with E-state index in [0.717, 1.165) is 0 Å². The first-order valence-electron chi connectivity index (χ1n) is 2.57. The normalized spacial score (nSPS) is 8.11. The summed E-state index contributed by atoms with van der Waals surface area (Å²) in [5.41, 5.74) is 8.88. The van der Waals surface area contributed by atoms with Crippen LogP contribution in [0.5, 0.6) is 0 Å². The number of aryl methyl sites for hydroxylation is 1. The smallest absolute Gasteiger partial charge is 0.699 e. The molecule has 0 fully saturated rings. The summed E-state index contributed by atoms with van der Waals surface area (Å²) < 4.78 is 0. The van der Waals surface area contributed by atoms with Crippen molar-refractivity contribution < 1.29 is 29.6 Å². The SMILES string of the molecule is Cc1ccc([NH-])cc1.[Na+]. The maximum Gasteiger partial charge on any atom is 1.00 e. The van der Waals surface area contributed by atoms with Crippen molar-refractivity contribution in [3.05, 3.63) is 35.6 Å². The Kier molecular flexibility index (Phi) is 3.95. The zero-order chi connectivity index (χ0) is 5.98. The maximum atomic E-state index is 7.09. The van der Waals surface area contributed by atoms with Crippen molar-refractivity contribution in [2.45, 2.75) is 6.92 Å². The summed E-state index contributed by atoms with van der Waals surface area (Å²) in [5, 5.41) is 0. The second-order valence-electron chi connectivity index (χ2n) is 1.87. The van der Waals surface area contributed by atoms with Gasteiger partial charge in [0.1, 0.15) is 0 Å². The molecule has 42 valence electrons. The molecule has 1 nitrogen and oxygen atoms in total. The molecule has 0 aliphatic carbocycles. The molecule has 1 rings (SSSR count). The van der Waals surface area contributed by atoms with Crippen LogP contribution in [0.4, 0.5) is 5.69 Å². The van der Waals surface area contributed by atoms with Crippen LogP contribution in [0.1, 0.15) is 5.56 Å². The van der Waals surface area contributed by atoms with Gasteiger partial charge in [0.25, 0.3) is 0 Å². The second kappa shape index (κ2) is 3.94. The number of hydrogen-bond acceptors (Lipinski definition) is 0. The molecule has 0 aliphatic heterocycles. The Morgan fingerprint density at radius 1 is 1.11 bits per heavy atom. The van der Waals surface area contributed by atoms with Crippen molar-refractivity contribution in [3.8, 4) is 0 Å². The van der Waals surface area contributed by atoms with E-state index in [2.05, 4.69) is 0 Å². The largest absolute Gasteiger partial charge is 1.00 e. The fourth-order valence-electron chi connectivity index (χ4n) is 0.554. The summed E-state index contributed by atoms with van der Waals surface area (Å²) in [7, 11) is 0. The number of hydrogen-bond donors (Lipinski definition) is 0. The predicted octanol–water partition coefficient (Wildman–Crippen LogP) is -0.317. The standard InChI is InChI=1S/C7H8N.Na/c1-6-2-4-7(8)5-3-6;/h2-5,8H,1H3;/q-1;+1. The Morgan fingerprint density at radius 3 is 1.89 bits per heavy atom. The second-order valence-corrected chi connectivity index (χ2v) is 1.87. The molecule has 0 spiro atoms. The van der Waals surface area contributed by atoms with Crippen molar-refractivity contribution in [1.29, 1.82) is 0 Å². The minimum atomic E-state index is 0. The Hall–Kier alpha value is 0.0200. The molecule has 0 bridgehead atoms. The first kappa shape index (κ1) is 9.02. The van der Waals surface area contributed by atoms with E-state index in [-0.39, 0.29) is 29.6 Å². The number of nitrogens with one attached hydrogen (secondary N) is 1. The molecular formula is C7H8NNa. The van der Waals surface area contributed by atoms with Crippen LogP contribution in [0.3, 0.4) is 0 Å². The first-order chi connectivity index (χ1) is 3.79. The maximum absolute atomic E-state index is 7.09. The average molecular weight is 129 g/mol. The van der Waals surface area contributed by atoms with Crippen LogP contribution in [0.2, 0.25) is 0 Å². The molecular weight excluding hydrogens is 121 g/mol. The molecule has 0 saturated heterocycles. The van der Waals surface area contributed by atoms with Crippen molar-refractivity contribution in [3.63, 3.8) is 0 Å². The van der Waals surface area contributed by atoms with Gasteiger partial charge in [-0.25, -0.2) is 0 Å². The van der Waals surface area contributed by atoms with E-state index >= 15 is 0 Å². The molecule has 0 aliphatic rings. The fraction of sp³-hybridized carbons (Fsp3) is 0.143. The van der Waals surface area contributed by atoms with Crippen LogP contribution < -0.4 is 29.6 Å². The van der Waals surface area contributed by atoms with Crippen molar-refractivity contribution >= 4 is 5.69 Å². The van der Waals surface area contributed by atoms with Crippen molar-refractivity contribution in [2.75, 3.05) is 0 Å². The zero-order valence-corrected chi connectivity index (χ0v) is 7.81. The van der Waals surface area contributed by atoms with Crippen LogP contribution >= 0.6 is 0 Å². The topological polar surface area (TPSA) is 23.8 Å². The minimum absolute atomic E-state index is 0. The fourth-order valence-corrected chi connectivity index (χ4v) is 0.554. The summed E-state index contributed by atoms with van der Waals surface area (Å²) in [4.78, 5) is 0. The molecule has 2 heteroatoms. The van der Waals surface area contributed by atoms with Gasteiger partial charge in [0, 0.05) is 0 Å². The van der Waals surface area contributed by atoms with Crippen LogP contribution in [0.25, 0.3) is 5.73 Å². The molecule has 1 aromatic rings. The van der Waals surface area contributed by atoms with E-state index in [0.29, 0.717) is 5.69 Å². The van der Waals surface area contributed by atoms with Gasteiger partial charge in [0.05, 0.1) is 0 Å². The number of rotatable bonds is 0. The molecule has 0 unspecified atom stereocenters. The van der Waals surface area contributed by atoms with Gasteiger partial charge in [0.2, 0.25) is 0 Å². The van der Waals surface area contributed by atoms with Gasteiger partial charge in [-0.15, -0.1) is 5.69 Å². The molecule has 0 aromatic heterocycles. The van der Waals surface area contributed by atoms with Gasteiger partial charge in [0.15, 0.2) is 0 Å². The van der Waals surface area contributed by atoms with Gasteiger partial charge in [-0.1, -0.05) is 29.8 Å². The van der Waals surface area contributed by atoms with E-state index < -0.39 is 0 Å². The average Bonchev–Trinajstić information content (AvgIpc) is 1.77. The third-order valence-corrected chi connectivity index (χ3v) is 1.05. The van der Waals surface area contributed by atoms with Crippen LogP contribution in [-0.4, -0.2) is 0 Å². The third kappa shape index (κ3) is 2.89. The third-order valence-electron chi connectivity index (χ3n) is 1.05. The monoisotopic (exact) mass is 129 g/mol. The van der Waals surface area contributed by atoms with Gasteiger partial charge in [-0.05, 0) is 6.92 Å². The Bertz CT molecular complexity index is 148. The quantitative estimate of drug-likeness (QED) is 0.429. The van der Waals surface area contributed by atoms with E-state index in [9.17, 15) is 0 Å². The van der Waals surface area contributed by atoms with Crippen LogP contribution in [0.15, 0.2) is 24.3 Å². The Balaban J connectivity index is 0.000000640. The molecule has 0 radical (unpaired) electrons. The van der Waals surface area contributed by atoms with Crippen LogP contribution in [-0.2, 0) is 0 Å². The zero-order valence-electron chi connectivity index (χ0n) is 5.81. The molecule has 1 aromatic carbocycles. The van der Waals surface area contributed by atoms with E-state index in [1.54, 1.807) is 12.1 Å². The van der Waals surface area contributed by atoms with Crippen LogP contribution in [0, 0.1) is 6.92 Å². The Labute approximate surface area is 77.5 Å². The molecule has 0 amide bonds. The minimum Gasteiger partial charge on any atom is -0.699 e. The van der Waals surface area contributed by atoms with Gasteiger partial charge in [-0.3, -0.25) is 0 Å². The van der Waals surface area contributed by atoms with E-state index in [4.69, 9.17) is 5.73 Å². The van der Waals surface area contributed by atoms with Gasteiger partial charge < -0.3 is 5.73 Å². The molecule has 9 heavy (non-hydrogen) atoms. The first-order valence-corrected chi connectivity index (χ1v) is 2.57. The summed E-state index contributed by atoms with van der Waals surface area (Å²) in [5.74, 6) is 0. The van der Waals surface area contributed by atoms with Gasteiger partial charge in [-0.2, -0.15) is 0 Å². The molecule has 0 saturated carbocycles. The molecule has 1 N–H and O–H groups in total. The van der Waals surface area contributed by atoms with Gasteiger partial charge >= 0.3 is 29.6 Å². The van der Waals surface area contributed by atoms with Crippen molar-refractivity contribution in [2.24, 2.45) is 0 Å². The summed E-state index contributed by atoms with van der Waals surface area (Å²) >= 11 is 0. The number of benzene rings is 1.